The van der Waals surface area contributed by atoms with Gasteiger partial charge < -0.3 is 5.32 Å². The van der Waals surface area contributed by atoms with E-state index >= 15 is 0 Å². The Morgan fingerprint density at radius 2 is 1.62 bits per heavy atom. The fraction of sp³-hybridized carbons (Fsp3) is 0.321. The lowest BCUT2D eigenvalue weighted by Gasteiger charge is -2.25. The molecule has 0 aliphatic heterocycles. The minimum atomic E-state index is -3.91. The number of nitrogens with one attached hydrogen (secondary N) is 1. The number of amides is 1. The number of nitrogens with zero attached hydrogens (tertiary/aromatic N) is 1. The first kappa shape index (κ1) is 24.0. The highest BCUT2D eigenvalue weighted by Crippen LogP contribution is 2.26. The minimum absolute atomic E-state index is 0.158. The predicted octanol–water partition coefficient (Wildman–Crippen LogP) is 5.20. The van der Waals surface area contributed by atoms with E-state index in [9.17, 15) is 13.2 Å². The predicted molar refractivity (Wildman–Crippen MR) is 136 cm³/mol. The number of fused-ring (bicyclic) bond motifs is 1. The van der Waals surface area contributed by atoms with Gasteiger partial charge in [0.25, 0.3) is 10.0 Å². The van der Waals surface area contributed by atoms with Gasteiger partial charge in [0.2, 0.25) is 5.91 Å². The summed E-state index contributed by atoms with van der Waals surface area (Å²) in [5.41, 5.74) is 5.36. The monoisotopic (exact) mass is 476 g/mol. The lowest BCUT2D eigenvalue weighted by molar-refractivity contribution is -0.120. The molecule has 0 spiro atoms. The number of hydrogen-bond acceptors (Lipinski definition) is 3. The summed E-state index contributed by atoms with van der Waals surface area (Å²) < 4.78 is 28.2. The van der Waals surface area contributed by atoms with E-state index in [-0.39, 0.29) is 23.4 Å². The molecule has 34 heavy (non-hydrogen) atoms. The van der Waals surface area contributed by atoms with E-state index in [0.29, 0.717) is 5.69 Å². The van der Waals surface area contributed by atoms with Crippen LogP contribution < -0.4 is 9.62 Å². The molecule has 0 heterocycles. The van der Waals surface area contributed by atoms with Crippen molar-refractivity contribution in [2.24, 2.45) is 0 Å². The number of sulfonamides is 1. The lowest BCUT2D eigenvalue weighted by Crippen LogP contribution is -2.41. The molecular weight excluding hydrogens is 444 g/mol. The van der Waals surface area contributed by atoms with E-state index in [1.807, 2.05) is 26.0 Å². The molecule has 1 amide bonds. The maximum absolute atomic E-state index is 13.5. The first-order chi connectivity index (χ1) is 16.4. The Balaban J connectivity index is 1.56. The summed E-state index contributed by atoms with van der Waals surface area (Å²) >= 11 is 0. The van der Waals surface area contributed by atoms with Gasteiger partial charge in [0.1, 0.15) is 6.54 Å². The van der Waals surface area contributed by atoms with Crippen LogP contribution in [0.1, 0.15) is 55.0 Å². The van der Waals surface area contributed by atoms with Crippen molar-refractivity contribution in [1.82, 2.24) is 5.32 Å². The van der Waals surface area contributed by atoms with Crippen LogP contribution in [0, 0.1) is 0 Å². The Labute approximate surface area is 202 Å². The summed E-state index contributed by atoms with van der Waals surface area (Å²) in [5.74, 6) is -0.343. The van der Waals surface area contributed by atoms with E-state index in [0.717, 1.165) is 30.4 Å². The smallest absolute Gasteiger partial charge is 0.264 e. The van der Waals surface area contributed by atoms with Crippen LogP contribution in [0.5, 0.6) is 0 Å². The SMILES string of the molecule is CCc1ccc(N(CC(=O)N[C@@H](C)c2ccc3c(c2)CCCC3)S(=O)(=O)c2ccccc2)cc1. The Kier molecular flexibility index (Phi) is 7.37. The van der Waals surface area contributed by atoms with Crippen LogP contribution in [0.15, 0.2) is 77.7 Å². The number of carbonyl (C=O) groups excluding carboxylic acids is 1. The van der Waals surface area contributed by atoms with Crippen LogP contribution in [-0.2, 0) is 34.1 Å². The highest BCUT2D eigenvalue weighted by Gasteiger charge is 2.27. The largest absolute Gasteiger partial charge is 0.348 e. The lowest BCUT2D eigenvalue weighted by atomic mass is 9.89. The van der Waals surface area contributed by atoms with Crippen LogP contribution in [0.4, 0.5) is 5.69 Å². The number of benzene rings is 3. The van der Waals surface area contributed by atoms with E-state index < -0.39 is 10.0 Å². The van der Waals surface area contributed by atoms with E-state index in [1.54, 1.807) is 42.5 Å². The Hall–Kier alpha value is -3.12. The Bertz CT molecular complexity index is 1240. The van der Waals surface area contributed by atoms with Crippen molar-refractivity contribution in [2.45, 2.75) is 56.9 Å². The third-order valence-corrected chi connectivity index (χ3v) is 8.29. The molecule has 1 atom stereocenters. The molecule has 0 saturated heterocycles. The highest BCUT2D eigenvalue weighted by molar-refractivity contribution is 7.92. The zero-order valence-corrected chi connectivity index (χ0v) is 20.6. The molecule has 1 aliphatic rings. The molecule has 3 aromatic rings. The summed E-state index contributed by atoms with van der Waals surface area (Å²) in [5, 5.41) is 3.00. The second-order valence-electron chi connectivity index (χ2n) is 8.87. The minimum Gasteiger partial charge on any atom is -0.348 e. The molecule has 1 aliphatic carbocycles. The van der Waals surface area contributed by atoms with Gasteiger partial charge in [-0.15, -0.1) is 0 Å². The van der Waals surface area contributed by atoms with Gasteiger partial charge in [-0.05, 0) is 85.5 Å². The fourth-order valence-electron chi connectivity index (χ4n) is 4.46. The normalized spacial score (nSPS) is 14.2. The highest BCUT2D eigenvalue weighted by atomic mass is 32.2. The topological polar surface area (TPSA) is 66.5 Å². The van der Waals surface area contributed by atoms with Gasteiger partial charge in [0, 0.05) is 0 Å². The maximum atomic E-state index is 13.5. The van der Waals surface area contributed by atoms with Crippen molar-refractivity contribution < 1.29 is 13.2 Å². The maximum Gasteiger partial charge on any atom is 0.264 e. The van der Waals surface area contributed by atoms with Gasteiger partial charge in [0.15, 0.2) is 0 Å². The van der Waals surface area contributed by atoms with Crippen LogP contribution in [0.2, 0.25) is 0 Å². The van der Waals surface area contributed by atoms with Crippen molar-refractivity contribution in [2.75, 3.05) is 10.8 Å². The molecule has 0 radical (unpaired) electrons. The average molecular weight is 477 g/mol. The quantitative estimate of drug-likeness (QED) is 0.486. The number of anilines is 1. The summed E-state index contributed by atoms with van der Waals surface area (Å²) in [4.78, 5) is 13.2. The first-order valence-corrected chi connectivity index (χ1v) is 13.4. The molecule has 0 aromatic heterocycles. The summed E-state index contributed by atoms with van der Waals surface area (Å²) in [7, 11) is -3.91. The van der Waals surface area contributed by atoms with Gasteiger partial charge in [-0.1, -0.05) is 55.5 Å². The summed E-state index contributed by atoms with van der Waals surface area (Å²) in [6, 6.07) is 21.8. The third kappa shape index (κ3) is 5.33. The molecule has 0 bridgehead atoms. The molecule has 0 saturated carbocycles. The van der Waals surface area contributed by atoms with E-state index in [1.165, 1.54) is 28.3 Å². The molecule has 1 N–H and O–H groups in total. The summed E-state index contributed by atoms with van der Waals surface area (Å²) in [6.07, 6.45) is 5.45. The molecule has 0 unspecified atom stereocenters. The number of carbonyl (C=O) groups is 1. The molecular formula is C28H32N2O3S. The van der Waals surface area contributed by atoms with Crippen molar-refractivity contribution >= 4 is 21.6 Å². The van der Waals surface area contributed by atoms with Gasteiger partial charge in [0.05, 0.1) is 16.6 Å². The molecule has 6 heteroatoms. The van der Waals surface area contributed by atoms with Crippen molar-refractivity contribution in [3.63, 3.8) is 0 Å². The second-order valence-corrected chi connectivity index (χ2v) is 10.7. The summed E-state index contributed by atoms with van der Waals surface area (Å²) in [6.45, 7) is 3.69. The molecule has 178 valence electrons. The van der Waals surface area contributed by atoms with Crippen molar-refractivity contribution in [1.29, 1.82) is 0 Å². The standard InChI is InChI=1S/C28H32N2O3S/c1-3-22-13-17-26(18-14-22)30(34(32,33)27-11-5-4-6-12-27)20-28(31)29-21(2)24-16-15-23-9-7-8-10-25(23)19-24/h4-6,11-19,21H,3,7-10,20H2,1-2H3,(H,29,31)/t21-/m0/s1. The molecule has 0 fully saturated rings. The van der Waals surface area contributed by atoms with Gasteiger partial charge in [-0.3, -0.25) is 9.10 Å². The first-order valence-electron chi connectivity index (χ1n) is 12.0. The number of hydrogen-bond donors (Lipinski definition) is 1. The molecule has 4 rings (SSSR count). The van der Waals surface area contributed by atoms with Crippen LogP contribution >= 0.6 is 0 Å². The molecule has 5 nitrogen and oxygen atoms in total. The Morgan fingerprint density at radius 1 is 0.941 bits per heavy atom. The van der Waals surface area contributed by atoms with Gasteiger partial charge >= 0.3 is 0 Å². The second kappa shape index (κ2) is 10.4. The van der Waals surface area contributed by atoms with Crippen molar-refractivity contribution in [3.05, 3.63) is 95.1 Å². The van der Waals surface area contributed by atoms with Crippen LogP contribution in [0.25, 0.3) is 0 Å². The van der Waals surface area contributed by atoms with Crippen LogP contribution in [0.3, 0.4) is 0 Å². The van der Waals surface area contributed by atoms with Crippen LogP contribution in [-0.4, -0.2) is 20.9 Å². The zero-order valence-electron chi connectivity index (χ0n) is 19.8. The van der Waals surface area contributed by atoms with E-state index in [4.69, 9.17) is 0 Å². The number of rotatable bonds is 8. The average Bonchev–Trinajstić information content (AvgIpc) is 2.87. The Morgan fingerprint density at radius 3 is 2.29 bits per heavy atom. The zero-order chi connectivity index (χ0) is 24.1. The fourth-order valence-corrected chi connectivity index (χ4v) is 5.90. The third-order valence-electron chi connectivity index (χ3n) is 6.50. The number of aryl methyl sites for hydroxylation is 3. The van der Waals surface area contributed by atoms with Gasteiger partial charge in [-0.25, -0.2) is 8.42 Å². The van der Waals surface area contributed by atoms with Crippen molar-refractivity contribution in [3.8, 4) is 0 Å². The van der Waals surface area contributed by atoms with E-state index in [2.05, 4.69) is 23.5 Å². The molecule has 3 aromatic carbocycles. The van der Waals surface area contributed by atoms with Gasteiger partial charge in [-0.2, -0.15) is 0 Å².